The van der Waals surface area contributed by atoms with Gasteiger partial charge in [-0.1, -0.05) is 0 Å². The van der Waals surface area contributed by atoms with Crippen LogP contribution in [0.25, 0.3) is 0 Å². The zero-order valence-corrected chi connectivity index (χ0v) is 11.7. The SMILES string of the molecule is CN(C)CCCN=C=NC(C)(C)CS(=O)(=O)O. The summed E-state index contributed by atoms with van der Waals surface area (Å²) in [6, 6.07) is 2.48. The number of nitrogens with zero attached hydrogens (tertiary/aromatic N) is 3. The number of hydrogen-bond acceptors (Lipinski definition) is 5. The van der Waals surface area contributed by atoms with E-state index in [4.69, 9.17) is 4.55 Å². The molecule has 0 aliphatic rings. The minimum atomic E-state index is -4.02. The maximum Gasteiger partial charge on any atom is 0.267 e. The summed E-state index contributed by atoms with van der Waals surface area (Å²) in [5.41, 5.74) is -0.904. The maximum atomic E-state index is 10.7. The minimum absolute atomic E-state index is 0.430. The average molecular weight is 263 g/mol. The van der Waals surface area contributed by atoms with Crippen molar-refractivity contribution in [3.63, 3.8) is 0 Å². The minimum Gasteiger partial charge on any atom is -0.309 e. The molecular weight excluding hydrogens is 242 g/mol. The van der Waals surface area contributed by atoms with Crippen LogP contribution in [0.4, 0.5) is 0 Å². The second-order valence-electron chi connectivity index (χ2n) is 4.79. The van der Waals surface area contributed by atoms with Gasteiger partial charge in [0.25, 0.3) is 10.1 Å². The maximum absolute atomic E-state index is 10.7. The molecule has 0 amide bonds. The zero-order chi connectivity index (χ0) is 13.5. The molecule has 0 aromatic heterocycles. The predicted octanol–water partition coefficient (Wildman–Crippen LogP) is 0.778. The van der Waals surface area contributed by atoms with Crippen LogP contribution in [0, 0.1) is 0 Å². The molecule has 0 unspecified atom stereocenters. The summed E-state index contributed by atoms with van der Waals surface area (Å²) in [4.78, 5) is 9.88. The van der Waals surface area contributed by atoms with Gasteiger partial charge in [0.2, 0.25) is 0 Å². The lowest BCUT2D eigenvalue weighted by Crippen LogP contribution is -2.27. The number of rotatable bonds is 7. The van der Waals surface area contributed by atoms with Crippen LogP contribution in [0.15, 0.2) is 9.98 Å². The predicted molar refractivity (Wildman–Crippen MR) is 68.4 cm³/mol. The van der Waals surface area contributed by atoms with Crippen LogP contribution in [0.3, 0.4) is 0 Å². The highest BCUT2D eigenvalue weighted by atomic mass is 32.2. The summed E-state index contributed by atoms with van der Waals surface area (Å²) >= 11 is 0. The van der Waals surface area contributed by atoms with Crippen molar-refractivity contribution in [1.82, 2.24) is 4.90 Å². The van der Waals surface area contributed by atoms with E-state index in [0.29, 0.717) is 6.54 Å². The molecule has 100 valence electrons. The Morgan fingerprint density at radius 3 is 2.41 bits per heavy atom. The van der Waals surface area contributed by atoms with Crippen LogP contribution in [0.2, 0.25) is 0 Å². The van der Waals surface area contributed by atoms with Gasteiger partial charge in [-0.15, -0.1) is 0 Å². The molecule has 0 atom stereocenters. The molecule has 17 heavy (non-hydrogen) atoms. The Morgan fingerprint density at radius 2 is 1.94 bits per heavy atom. The van der Waals surface area contributed by atoms with Crippen LogP contribution in [-0.4, -0.2) is 62.4 Å². The van der Waals surface area contributed by atoms with Gasteiger partial charge in [0.1, 0.15) is 5.75 Å². The Morgan fingerprint density at radius 1 is 1.35 bits per heavy atom. The largest absolute Gasteiger partial charge is 0.309 e. The molecule has 0 aliphatic heterocycles. The van der Waals surface area contributed by atoms with E-state index < -0.39 is 21.4 Å². The fraction of sp³-hybridized carbons (Fsp3) is 0.900. The van der Waals surface area contributed by atoms with E-state index in [1.807, 2.05) is 14.1 Å². The van der Waals surface area contributed by atoms with Crippen LogP contribution in [0.1, 0.15) is 20.3 Å². The molecule has 0 aliphatic carbocycles. The van der Waals surface area contributed by atoms with Crippen molar-refractivity contribution in [2.75, 3.05) is 32.9 Å². The molecule has 0 saturated heterocycles. The fourth-order valence-corrected chi connectivity index (χ4v) is 2.12. The first kappa shape index (κ1) is 16.2. The first-order valence-electron chi connectivity index (χ1n) is 5.36. The van der Waals surface area contributed by atoms with Crippen LogP contribution < -0.4 is 0 Å². The summed E-state index contributed by atoms with van der Waals surface area (Å²) in [7, 11) is -0.0641. The van der Waals surface area contributed by atoms with Gasteiger partial charge >= 0.3 is 0 Å². The molecule has 0 aromatic rings. The topological polar surface area (TPSA) is 82.3 Å². The van der Waals surface area contributed by atoms with Crippen molar-refractivity contribution in [3.8, 4) is 0 Å². The van der Waals surface area contributed by atoms with Crippen molar-refractivity contribution in [1.29, 1.82) is 0 Å². The van der Waals surface area contributed by atoms with Gasteiger partial charge in [0, 0.05) is 0 Å². The highest BCUT2D eigenvalue weighted by molar-refractivity contribution is 7.85. The lowest BCUT2D eigenvalue weighted by Gasteiger charge is -2.14. The van der Waals surface area contributed by atoms with Crippen molar-refractivity contribution in [2.45, 2.75) is 25.8 Å². The molecule has 6 nitrogen and oxygen atoms in total. The summed E-state index contributed by atoms with van der Waals surface area (Å²) in [5.74, 6) is -0.430. The van der Waals surface area contributed by atoms with Crippen LogP contribution >= 0.6 is 0 Å². The van der Waals surface area contributed by atoms with E-state index in [-0.39, 0.29) is 0 Å². The van der Waals surface area contributed by atoms with E-state index in [0.717, 1.165) is 13.0 Å². The molecule has 0 saturated carbocycles. The monoisotopic (exact) mass is 263 g/mol. The summed E-state index contributed by atoms with van der Waals surface area (Å²) < 4.78 is 30.1. The Hall–Kier alpha value is -0.750. The average Bonchev–Trinajstić information content (AvgIpc) is 2.06. The van der Waals surface area contributed by atoms with E-state index >= 15 is 0 Å². The van der Waals surface area contributed by atoms with Crippen molar-refractivity contribution >= 4 is 16.1 Å². The van der Waals surface area contributed by atoms with E-state index in [1.165, 1.54) is 0 Å². The number of aliphatic imine (C=N–C) groups is 2. The van der Waals surface area contributed by atoms with E-state index in [1.54, 1.807) is 13.8 Å². The Labute approximate surface area is 103 Å². The fourth-order valence-electron chi connectivity index (χ4n) is 1.17. The molecule has 0 fully saturated rings. The second kappa shape index (κ2) is 6.86. The molecule has 0 heterocycles. The second-order valence-corrected chi connectivity index (χ2v) is 6.24. The van der Waals surface area contributed by atoms with Gasteiger partial charge in [0.05, 0.1) is 18.1 Å². The quantitative estimate of drug-likeness (QED) is 0.418. The third kappa shape index (κ3) is 11.5. The molecule has 1 N–H and O–H groups in total. The van der Waals surface area contributed by atoms with Crippen molar-refractivity contribution in [2.24, 2.45) is 9.98 Å². The summed E-state index contributed by atoms with van der Waals surface area (Å²) in [6.07, 6.45) is 0.897. The molecule has 0 aromatic carbocycles. The van der Waals surface area contributed by atoms with Crippen LogP contribution in [0.5, 0.6) is 0 Å². The first-order valence-corrected chi connectivity index (χ1v) is 6.97. The highest BCUT2D eigenvalue weighted by Crippen LogP contribution is 2.10. The van der Waals surface area contributed by atoms with E-state index in [2.05, 4.69) is 20.9 Å². The number of hydrogen-bond donors (Lipinski definition) is 1. The normalized spacial score (nSPS) is 12.4. The van der Waals surface area contributed by atoms with Gasteiger partial charge in [0.15, 0.2) is 0 Å². The smallest absolute Gasteiger partial charge is 0.267 e. The van der Waals surface area contributed by atoms with Crippen molar-refractivity contribution < 1.29 is 13.0 Å². The van der Waals surface area contributed by atoms with Crippen molar-refractivity contribution in [3.05, 3.63) is 0 Å². The summed E-state index contributed by atoms with van der Waals surface area (Å²) in [5, 5.41) is 0. The van der Waals surface area contributed by atoms with Gasteiger partial charge in [-0.3, -0.25) is 4.55 Å². The Balaban J connectivity index is 4.17. The third-order valence-electron chi connectivity index (χ3n) is 1.83. The van der Waals surface area contributed by atoms with E-state index in [9.17, 15) is 8.42 Å². The molecule has 0 bridgehead atoms. The summed E-state index contributed by atoms with van der Waals surface area (Å²) in [6.45, 7) is 4.73. The lowest BCUT2D eigenvalue weighted by molar-refractivity contribution is 0.403. The Kier molecular flexibility index (Phi) is 6.56. The van der Waals surface area contributed by atoms with Crippen LogP contribution in [-0.2, 0) is 10.1 Å². The zero-order valence-electron chi connectivity index (χ0n) is 10.8. The first-order chi connectivity index (χ1) is 7.62. The Bertz CT molecular complexity index is 382. The molecule has 7 heteroatoms. The van der Waals surface area contributed by atoms with Gasteiger partial charge < -0.3 is 4.90 Å². The third-order valence-corrected chi connectivity index (χ3v) is 2.91. The van der Waals surface area contributed by atoms with Gasteiger partial charge in [-0.25, -0.2) is 9.98 Å². The molecule has 0 spiro atoms. The highest BCUT2D eigenvalue weighted by Gasteiger charge is 2.23. The lowest BCUT2D eigenvalue weighted by atomic mass is 10.1. The van der Waals surface area contributed by atoms with Gasteiger partial charge in [-0.05, 0) is 40.9 Å². The molecular formula is C10H21N3O3S. The molecule has 0 rings (SSSR count). The van der Waals surface area contributed by atoms with Gasteiger partial charge in [-0.2, -0.15) is 8.42 Å². The standard InChI is InChI=1S/C10H21N3O3S/c1-10(2,8-17(14,15)16)12-9-11-6-5-7-13(3)4/h5-8H2,1-4H3,(H,14,15,16). The molecule has 0 radical (unpaired) electrons.